The quantitative estimate of drug-likeness (QED) is 0.360. The van der Waals surface area contributed by atoms with Crippen LogP contribution in [0.1, 0.15) is 19.3 Å². The molecular weight excluding hydrogens is 150 g/mol. The second kappa shape index (κ2) is 4.75. The van der Waals surface area contributed by atoms with E-state index in [1.54, 1.807) is 6.08 Å². The van der Waals surface area contributed by atoms with Crippen molar-refractivity contribution < 1.29 is 4.79 Å². The van der Waals surface area contributed by atoms with Gasteiger partial charge in [0.15, 0.2) is 6.29 Å². The summed E-state index contributed by atoms with van der Waals surface area (Å²) in [6.07, 6.45) is 8.14. The molecule has 0 N–H and O–H groups in total. The molecule has 12 heavy (non-hydrogen) atoms. The number of carbonyl (C=O) groups excluding carboxylic acids is 1. The van der Waals surface area contributed by atoms with Gasteiger partial charge in [0.25, 0.3) is 0 Å². The van der Waals surface area contributed by atoms with E-state index in [0.29, 0.717) is 5.57 Å². The van der Waals surface area contributed by atoms with Crippen LogP contribution >= 0.6 is 0 Å². The number of hydrogen-bond acceptors (Lipinski definition) is 2. The van der Waals surface area contributed by atoms with Crippen LogP contribution in [0.2, 0.25) is 0 Å². The molecule has 1 saturated heterocycles. The Kier molecular flexibility index (Phi) is 3.58. The molecule has 0 spiro atoms. The Morgan fingerprint density at radius 3 is 2.42 bits per heavy atom. The molecule has 0 bridgehead atoms. The summed E-state index contributed by atoms with van der Waals surface area (Å²) >= 11 is 0. The van der Waals surface area contributed by atoms with E-state index in [1.165, 1.54) is 19.3 Å². The molecule has 66 valence electrons. The third kappa shape index (κ3) is 2.53. The van der Waals surface area contributed by atoms with Crippen LogP contribution in [0, 0.1) is 0 Å². The highest BCUT2D eigenvalue weighted by molar-refractivity contribution is 5.76. The minimum absolute atomic E-state index is 0.678. The number of nitrogens with zero attached hydrogens (tertiary/aromatic N) is 1. The molecule has 1 aliphatic rings. The lowest BCUT2D eigenvalue weighted by atomic mass is 10.1. The van der Waals surface area contributed by atoms with Gasteiger partial charge in [-0.3, -0.25) is 4.79 Å². The molecule has 0 amide bonds. The molecule has 0 aromatic heterocycles. The van der Waals surface area contributed by atoms with Crippen molar-refractivity contribution in [3.63, 3.8) is 0 Å². The van der Waals surface area contributed by atoms with Crippen molar-refractivity contribution in [2.75, 3.05) is 13.1 Å². The molecule has 0 aliphatic carbocycles. The lowest BCUT2D eigenvalue weighted by Gasteiger charge is -2.25. The van der Waals surface area contributed by atoms with Crippen LogP contribution in [0.4, 0.5) is 0 Å². The predicted octanol–water partition coefficient (Wildman–Crippen LogP) is 1.74. The first kappa shape index (κ1) is 9.04. The summed E-state index contributed by atoms with van der Waals surface area (Å²) in [4.78, 5) is 12.6. The number of piperidine rings is 1. The zero-order chi connectivity index (χ0) is 8.81. The molecule has 0 unspecified atom stereocenters. The smallest absolute Gasteiger partial charge is 0.151 e. The van der Waals surface area contributed by atoms with Crippen LogP contribution in [0.15, 0.2) is 24.4 Å². The van der Waals surface area contributed by atoms with E-state index >= 15 is 0 Å². The maximum Gasteiger partial charge on any atom is 0.151 e. The van der Waals surface area contributed by atoms with Gasteiger partial charge in [-0.1, -0.05) is 12.7 Å². The molecule has 2 heteroatoms. The molecule has 1 fully saturated rings. The van der Waals surface area contributed by atoms with Crippen molar-refractivity contribution in [2.24, 2.45) is 0 Å². The minimum atomic E-state index is 0.678. The Morgan fingerprint density at radius 2 is 1.92 bits per heavy atom. The van der Waals surface area contributed by atoms with Gasteiger partial charge in [0.2, 0.25) is 0 Å². The van der Waals surface area contributed by atoms with Crippen molar-refractivity contribution >= 4 is 6.29 Å². The van der Waals surface area contributed by atoms with E-state index < -0.39 is 0 Å². The van der Waals surface area contributed by atoms with Gasteiger partial charge in [0.05, 0.1) is 0 Å². The minimum Gasteiger partial charge on any atom is -0.377 e. The highest BCUT2D eigenvalue weighted by atomic mass is 16.1. The molecule has 1 aliphatic heterocycles. The van der Waals surface area contributed by atoms with E-state index in [9.17, 15) is 4.79 Å². The van der Waals surface area contributed by atoms with Crippen molar-refractivity contribution in [1.82, 2.24) is 4.90 Å². The van der Waals surface area contributed by atoms with Gasteiger partial charge in [-0.25, -0.2) is 0 Å². The number of hydrogen-bond donors (Lipinski definition) is 0. The Labute approximate surface area is 73.6 Å². The summed E-state index contributed by atoms with van der Waals surface area (Å²) in [5, 5.41) is 0. The number of allylic oxidation sites excluding steroid dienone is 2. The highest BCUT2D eigenvalue weighted by Gasteiger charge is 2.05. The Bertz CT molecular complexity index is 180. The Balaban J connectivity index is 2.50. The van der Waals surface area contributed by atoms with E-state index in [0.717, 1.165) is 19.4 Å². The largest absolute Gasteiger partial charge is 0.377 e. The fourth-order valence-corrected chi connectivity index (χ4v) is 1.39. The summed E-state index contributed by atoms with van der Waals surface area (Å²) in [6, 6.07) is 0. The zero-order valence-corrected chi connectivity index (χ0v) is 7.33. The average Bonchev–Trinajstić information content (AvgIpc) is 2.16. The average molecular weight is 165 g/mol. The normalized spacial score (nSPS) is 19.0. The molecule has 2 nitrogen and oxygen atoms in total. The van der Waals surface area contributed by atoms with Crippen LogP contribution in [0.5, 0.6) is 0 Å². The summed E-state index contributed by atoms with van der Waals surface area (Å²) in [6.45, 7) is 5.72. The van der Waals surface area contributed by atoms with Gasteiger partial charge >= 0.3 is 0 Å². The second-order valence-electron chi connectivity index (χ2n) is 3.05. The SMILES string of the molecule is C=CC(C=O)=CN1CCCCC1. The Morgan fingerprint density at radius 1 is 1.25 bits per heavy atom. The number of likely N-dealkylation sites (tertiary alicyclic amines) is 1. The third-order valence-electron chi connectivity index (χ3n) is 2.09. The first-order valence-electron chi connectivity index (χ1n) is 4.40. The van der Waals surface area contributed by atoms with Gasteiger partial charge in [0.1, 0.15) is 0 Å². The van der Waals surface area contributed by atoms with E-state index in [4.69, 9.17) is 0 Å². The molecule has 0 atom stereocenters. The van der Waals surface area contributed by atoms with Crippen LogP contribution in [0.3, 0.4) is 0 Å². The fourth-order valence-electron chi connectivity index (χ4n) is 1.39. The molecule has 1 heterocycles. The van der Waals surface area contributed by atoms with Gasteiger partial charge in [0, 0.05) is 24.9 Å². The lowest BCUT2D eigenvalue weighted by Crippen LogP contribution is -2.24. The van der Waals surface area contributed by atoms with Crippen LogP contribution in [-0.4, -0.2) is 24.3 Å². The molecular formula is C10H15NO. The molecule has 0 aromatic carbocycles. The van der Waals surface area contributed by atoms with E-state index in [1.807, 2.05) is 6.20 Å². The third-order valence-corrected chi connectivity index (χ3v) is 2.09. The molecule has 0 radical (unpaired) electrons. The lowest BCUT2D eigenvalue weighted by molar-refractivity contribution is -0.104. The highest BCUT2D eigenvalue weighted by Crippen LogP contribution is 2.09. The summed E-state index contributed by atoms with van der Waals surface area (Å²) in [7, 11) is 0. The first-order valence-corrected chi connectivity index (χ1v) is 4.40. The van der Waals surface area contributed by atoms with Gasteiger partial charge in [-0.05, 0) is 19.3 Å². The number of aldehydes is 1. The van der Waals surface area contributed by atoms with Crippen molar-refractivity contribution in [3.05, 3.63) is 24.4 Å². The van der Waals surface area contributed by atoms with Crippen molar-refractivity contribution in [1.29, 1.82) is 0 Å². The number of rotatable bonds is 3. The van der Waals surface area contributed by atoms with E-state index in [2.05, 4.69) is 11.5 Å². The van der Waals surface area contributed by atoms with Gasteiger partial charge in [-0.15, -0.1) is 0 Å². The van der Waals surface area contributed by atoms with Crippen molar-refractivity contribution in [3.8, 4) is 0 Å². The van der Waals surface area contributed by atoms with Crippen molar-refractivity contribution in [2.45, 2.75) is 19.3 Å². The monoisotopic (exact) mass is 165 g/mol. The topological polar surface area (TPSA) is 20.3 Å². The maximum absolute atomic E-state index is 10.4. The van der Waals surface area contributed by atoms with Gasteiger partial charge in [-0.2, -0.15) is 0 Å². The molecule has 1 rings (SSSR count). The first-order chi connectivity index (χ1) is 5.86. The molecule has 0 aromatic rings. The standard InChI is InChI=1S/C10H15NO/c1-2-10(9-12)8-11-6-4-3-5-7-11/h2,8-9H,1,3-7H2. The van der Waals surface area contributed by atoms with Crippen LogP contribution in [-0.2, 0) is 4.79 Å². The molecule has 0 saturated carbocycles. The summed E-state index contributed by atoms with van der Waals surface area (Å²) < 4.78 is 0. The van der Waals surface area contributed by atoms with Gasteiger partial charge < -0.3 is 4.90 Å². The predicted molar refractivity (Wildman–Crippen MR) is 49.8 cm³/mol. The fraction of sp³-hybridized carbons (Fsp3) is 0.500. The number of carbonyl (C=O) groups is 1. The summed E-state index contributed by atoms with van der Waals surface area (Å²) in [5.41, 5.74) is 0.678. The Hall–Kier alpha value is -1.05. The van der Waals surface area contributed by atoms with Crippen LogP contribution < -0.4 is 0 Å². The van der Waals surface area contributed by atoms with Crippen LogP contribution in [0.25, 0.3) is 0 Å². The summed E-state index contributed by atoms with van der Waals surface area (Å²) in [5.74, 6) is 0. The zero-order valence-electron chi connectivity index (χ0n) is 7.33. The maximum atomic E-state index is 10.4. The second-order valence-corrected chi connectivity index (χ2v) is 3.05. The van der Waals surface area contributed by atoms with E-state index in [-0.39, 0.29) is 0 Å².